The number of aromatic hydroxyl groups is 1. The highest BCUT2D eigenvalue weighted by molar-refractivity contribution is 5.65. The Morgan fingerprint density at radius 1 is 1.16 bits per heavy atom. The maximum Gasteiger partial charge on any atom is 0.295 e. The van der Waals surface area contributed by atoms with E-state index < -0.39 is 6.36 Å². The SMILES string of the molecule is O=COC(F)Cc1cc(-c2ccccc2)ccc1O. The Morgan fingerprint density at radius 3 is 2.58 bits per heavy atom. The summed E-state index contributed by atoms with van der Waals surface area (Å²) in [6.07, 6.45) is -1.93. The van der Waals surface area contributed by atoms with Crippen LogP contribution in [0.4, 0.5) is 4.39 Å². The molecule has 3 nitrogen and oxygen atoms in total. The lowest BCUT2D eigenvalue weighted by Gasteiger charge is -2.10. The first-order chi connectivity index (χ1) is 9.20. The minimum atomic E-state index is -1.76. The Kier molecular flexibility index (Phi) is 4.13. The maximum atomic E-state index is 13.2. The highest BCUT2D eigenvalue weighted by Crippen LogP contribution is 2.27. The number of benzene rings is 2. The van der Waals surface area contributed by atoms with Crippen LogP contribution < -0.4 is 0 Å². The van der Waals surface area contributed by atoms with Gasteiger partial charge in [-0.3, -0.25) is 4.79 Å². The molecule has 1 unspecified atom stereocenters. The van der Waals surface area contributed by atoms with Gasteiger partial charge in [0.05, 0.1) is 0 Å². The number of halogens is 1. The highest BCUT2D eigenvalue weighted by Gasteiger charge is 2.12. The van der Waals surface area contributed by atoms with Gasteiger partial charge in [-0.1, -0.05) is 36.4 Å². The fourth-order valence-corrected chi connectivity index (χ4v) is 1.84. The standard InChI is InChI=1S/C15H13FO3/c16-15(19-10-17)9-13-8-12(6-7-14(13)18)11-4-2-1-3-5-11/h1-8,10,15,18H,9H2. The van der Waals surface area contributed by atoms with Crippen molar-refractivity contribution in [1.29, 1.82) is 0 Å². The molecule has 2 aromatic carbocycles. The van der Waals surface area contributed by atoms with E-state index in [4.69, 9.17) is 0 Å². The molecule has 0 saturated carbocycles. The fraction of sp³-hybridized carbons (Fsp3) is 0.133. The monoisotopic (exact) mass is 260 g/mol. The third kappa shape index (κ3) is 3.31. The number of ether oxygens (including phenoxy) is 1. The summed E-state index contributed by atoms with van der Waals surface area (Å²) in [7, 11) is 0. The summed E-state index contributed by atoms with van der Waals surface area (Å²) in [6.45, 7) is 0.0583. The largest absolute Gasteiger partial charge is 0.508 e. The summed E-state index contributed by atoms with van der Waals surface area (Å²) in [5.74, 6) is -0.0168. The molecule has 0 saturated heterocycles. The summed E-state index contributed by atoms with van der Waals surface area (Å²) in [4.78, 5) is 10.1. The number of carbonyl (C=O) groups excluding carboxylic acids is 1. The average molecular weight is 260 g/mol. The second-order valence-electron chi connectivity index (χ2n) is 4.06. The van der Waals surface area contributed by atoms with Crippen molar-refractivity contribution in [2.24, 2.45) is 0 Å². The van der Waals surface area contributed by atoms with Gasteiger partial charge < -0.3 is 9.84 Å². The van der Waals surface area contributed by atoms with Gasteiger partial charge in [-0.05, 0) is 23.3 Å². The molecule has 0 spiro atoms. The van der Waals surface area contributed by atoms with Crippen molar-refractivity contribution in [2.75, 3.05) is 0 Å². The van der Waals surface area contributed by atoms with Gasteiger partial charge >= 0.3 is 0 Å². The van der Waals surface area contributed by atoms with E-state index in [1.807, 2.05) is 30.3 Å². The van der Waals surface area contributed by atoms with Crippen molar-refractivity contribution in [3.63, 3.8) is 0 Å². The van der Waals surface area contributed by atoms with Crippen molar-refractivity contribution in [1.82, 2.24) is 0 Å². The second kappa shape index (κ2) is 6.00. The fourth-order valence-electron chi connectivity index (χ4n) is 1.84. The molecular formula is C15H13FO3. The average Bonchev–Trinajstić information content (AvgIpc) is 2.42. The topological polar surface area (TPSA) is 46.5 Å². The van der Waals surface area contributed by atoms with Crippen molar-refractivity contribution in [2.45, 2.75) is 12.8 Å². The number of hydrogen-bond acceptors (Lipinski definition) is 3. The third-order valence-corrected chi connectivity index (χ3v) is 2.77. The normalized spacial score (nSPS) is 11.8. The Bertz CT molecular complexity index is 555. The van der Waals surface area contributed by atoms with E-state index in [-0.39, 0.29) is 18.6 Å². The van der Waals surface area contributed by atoms with Crippen molar-refractivity contribution < 1.29 is 19.0 Å². The first kappa shape index (κ1) is 13.1. The molecular weight excluding hydrogens is 247 g/mol. The highest BCUT2D eigenvalue weighted by atomic mass is 19.1. The van der Waals surface area contributed by atoms with Crippen LogP contribution in [0.5, 0.6) is 5.75 Å². The van der Waals surface area contributed by atoms with E-state index in [2.05, 4.69) is 4.74 Å². The van der Waals surface area contributed by atoms with Gasteiger partial charge in [0, 0.05) is 12.0 Å². The van der Waals surface area contributed by atoms with Crippen molar-refractivity contribution >= 4 is 6.47 Å². The predicted octanol–water partition coefficient (Wildman–Crippen LogP) is 3.07. The molecule has 0 aromatic heterocycles. The Hall–Kier alpha value is -2.36. The zero-order valence-electron chi connectivity index (χ0n) is 10.1. The van der Waals surface area contributed by atoms with Crippen LogP contribution in [-0.4, -0.2) is 17.9 Å². The Morgan fingerprint density at radius 2 is 1.89 bits per heavy atom. The van der Waals surface area contributed by atoms with Crippen LogP contribution >= 0.6 is 0 Å². The van der Waals surface area contributed by atoms with Gasteiger partial charge in [0.25, 0.3) is 6.47 Å². The first-order valence-corrected chi connectivity index (χ1v) is 5.81. The number of carbonyl (C=O) groups is 1. The number of phenols is 1. The van der Waals surface area contributed by atoms with Crippen LogP contribution in [0, 0.1) is 0 Å². The van der Waals surface area contributed by atoms with Crippen LogP contribution in [-0.2, 0) is 16.0 Å². The molecule has 4 heteroatoms. The van der Waals surface area contributed by atoms with E-state index in [9.17, 15) is 14.3 Å². The molecule has 0 amide bonds. The van der Waals surface area contributed by atoms with E-state index in [1.165, 1.54) is 6.07 Å². The number of alkyl halides is 1. The summed E-state index contributed by atoms with van der Waals surface area (Å²) >= 11 is 0. The molecule has 2 rings (SSSR count). The van der Waals surface area contributed by atoms with E-state index in [1.54, 1.807) is 12.1 Å². The van der Waals surface area contributed by atoms with Gasteiger partial charge in [-0.25, -0.2) is 4.39 Å². The summed E-state index contributed by atoms with van der Waals surface area (Å²) in [5, 5.41) is 9.69. The smallest absolute Gasteiger partial charge is 0.295 e. The molecule has 1 atom stereocenters. The van der Waals surface area contributed by atoms with Crippen LogP contribution in [0.1, 0.15) is 5.56 Å². The maximum absolute atomic E-state index is 13.2. The lowest BCUT2D eigenvalue weighted by Crippen LogP contribution is -2.08. The molecule has 1 N–H and O–H groups in total. The van der Waals surface area contributed by atoms with Gasteiger partial charge in [0.2, 0.25) is 6.36 Å². The molecule has 2 aromatic rings. The molecule has 0 aliphatic carbocycles. The van der Waals surface area contributed by atoms with Gasteiger partial charge in [0.15, 0.2) is 0 Å². The Labute approximate surface area is 110 Å². The first-order valence-electron chi connectivity index (χ1n) is 5.81. The number of phenolic OH excluding ortho intramolecular Hbond substituents is 1. The van der Waals surface area contributed by atoms with Gasteiger partial charge in [-0.15, -0.1) is 0 Å². The quantitative estimate of drug-likeness (QED) is 0.840. The minimum absolute atomic E-state index is 0.0168. The molecule has 0 radical (unpaired) electrons. The zero-order valence-corrected chi connectivity index (χ0v) is 10.1. The summed E-state index contributed by atoms with van der Waals surface area (Å²) in [6, 6.07) is 14.5. The summed E-state index contributed by atoms with van der Waals surface area (Å²) in [5.41, 5.74) is 2.23. The van der Waals surface area contributed by atoms with E-state index >= 15 is 0 Å². The minimum Gasteiger partial charge on any atom is -0.508 e. The van der Waals surface area contributed by atoms with Crippen LogP contribution in [0.3, 0.4) is 0 Å². The molecule has 98 valence electrons. The lowest BCUT2D eigenvalue weighted by atomic mass is 10.0. The molecule has 0 bridgehead atoms. The number of hydrogen-bond donors (Lipinski definition) is 1. The van der Waals surface area contributed by atoms with Gasteiger partial charge in [0.1, 0.15) is 5.75 Å². The molecule has 0 heterocycles. The zero-order chi connectivity index (χ0) is 13.7. The second-order valence-corrected chi connectivity index (χ2v) is 4.06. The van der Waals surface area contributed by atoms with Gasteiger partial charge in [-0.2, -0.15) is 0 Å². The van der Waals surface area contributed by atoms with E-state index in [0.29, 0.717) is 5.56 Å². The number of rotatable bonds is 5. The lowest BCUT2D eigenvalue weighted by molar-refractivity contribution is -0.141. The predicted molar refractivity (Wildman–Crippen MR) is 69.3 cm³/mol. The molecule has 0 fully saturated rings. The Balaban J connectivity index is 2.27. The van der Waals surface area contributed by atoms with Crippen molar-refractivity contribution in [3.8, 4) is 16.9 Å². The van der Waals surface area contributed by atoms with E-state index in [0.717, 1.165) is 11.1 Å². The van der Waals surface area contributed by atoms with Crippen LogP contribution in [0.25, 0.3) is 11.1 Å². The molecule has 0 aliphatic heterocycles. The molecule has 0 aliphatic rings. The van der Waals surface area contributed by atoms with Crippen molar-refractivity contribution in [3.05, 3.63) is 54.1 Å². The van der Waals surface area contributed by atoms with Crippen LogP contribution in [0.2, 0.25) is 0 Å². The summed E-state index contributed by atoms with van der Waals surface area (Å²) < 4.78 is 17.4. The molecule has 19 heavy (non-hydrogen) atoms. The van der Waals surface area contributed by atoms with Crippen LogP contribution in [0.15, 0.2) is 48.5 Å². The third-order valence-electron chi connectivity index (χ3n) is 2.77.